The highest BCUT2D eigenvalue weighted by atomic mass is 79.9. The van der Waals surface area contributed by atoms with E-state index < -0.39 is 0 Å². The zero-order chi connectivity index (χ0) is 12.4. The summed E-state index contributed by atoms with van der Waals surface area (Å²) >= 11 is 5.05. The van der Waals surface area contributed by atoms with Crippen LogP contribution in [0.3, 0.4) is 0 Å². The highest BCUT2D eigenvalue weighted by molar-refractivity contribution is 9.10. The van der Waals surface area contributed by atoms with Gasteiger partial charge in [-0.3, -0.25) is 0 Å². The van der Waals surface area contributed by atoms with Gasteiger partial charge in [0.2, 0.25) is 0 Å². The highest BCUT2D eigenvalue weighted by Crippen LogP contribution is 2.29. The second kappa shape index (κ2) is 5.29. The fourth-order valence-corrected chi connectivity index (χ4v) is 3.32. The summed E-state index contributed by atoms with van der Waals surface area (Å²) in [4.78, 5) is 2.46. The van der Waals surface area contributed by atoms with Crippen LogP contribution >= 0.6 is 27.3 Å². The summed E-state index contributed by atoms with van der Waals surface area (Å²) in [7, 11) is 1.89. The molecule has 1 unspecified atom stereocenters. The number of halogens is 2. The van der Waals surface area contributed by atoms with Crippen molar-refractivity contribution in [1.82, 2.24) is 5.32 Å². The standard InChI is InChI=1S/C13H13BrFNS/c1-8-3-4-12(17-8)13(16-2)9-5-10(14)7-11(15)6-9/h3-7,13,16H,1-2H3. The molecule has 0 fully saturated rings. The second-order valence-corrected chi connectivity index (χ2v) is 6.11. The minimum absolute atomic E-state index is 0.0423. The summed E-state index contributed by atoms with van der Waals surface area (Å²) in [5.74, 6) is -0.220. The number of rotatable bonds is 3. The Morgan fingerprint density at radius 2 is 2.06 bits per heavy atom. The Balaban J connectivity index is 2.41. The molecule has 0 bridgehead atoms. The number of hydrogen-bond donors (Lipinski definition) is 1. The lowest BCUT2D eigenvalue weighted by Crippen LogP contribution is -2.16. The Hall–Kier alpha value is -0.710. The largest absolute Gasteiger partial charge is 0.309 e. The first-order valence-electron chi connectivity index (χ1n) is 5.29. The Morgan fingerprint density at radius 3 is 2.59 bits per heavy atom. The van der Waals surface area contributed by atoms with Gasteiger partial charge in [-0.2, -0.15) is 0 Å². The predicted molar refractivity (Wildman–Crippen MR) is 74.1 cm³/mol. The fraction of sp³-hybridized carbons (Fsp3) is 0.231. The third-order valence-electron chi connectivity index (χ3n) is 2.55. The molecule has 1 aromatic heterocycles. The molecule has 0 aliphatic rings. The summed E-state index contributed by atoms with van der Waals surface area (Å²) in [5, 5.41) is 3.23. The molecule has 1 N–H and O–H groups in total. The molecule has 4 heteroatoms. The zero-order valence-electron chi connectivity index (χ0n) is 9.63. The molecule has 0 aliphatic heterocycles. The first kappa shape index (κ1) is 12.7. The molecule has 1 heterocycles. The van der Waals surface area contributed by atoms with E-state index in [1.165, 1.54) is 15.8 Å². The lowest BCUT2D eigenvalue weighted by Gasteiger charge is -2.15. The monoisotopic (exact) mass is 313 g/mol. The maximum atomic E-state index is 13.4. The summed E-state index contributed by atoms with van der Waals surface area (Å²) in [6.45, 7) is 2.07. The van der Waals surface area contributed by atoms with E-state index in [1.807, 2.05) is 13.1 Å². The maximum Gasteiger partial charge on any atom is 0.124 e. The average molecular weight is 314 g/mol. The number of thiophene rings is 1. The van der Waals surface area contributed by atoms with Crippen LogP contribution in [0, 0.1) is 12.7 Å². The third kappa shape index (κ3) is 2.94. The molecule has 0 saturated heterocycles. The fourth-order valence-electron chi connectivity index (χ4n) is 1.82. The SMILES string of the molecule is CNC(c1cc(F)cc(Br)c1)c1ccc(C)s1. The Morgan fingerprint density at radius 1 is 1.29 bits per heavy atom. The van der Waals surface area contributed by atoms with Gasteiger partial charge in [0.15, 0.2) is 0 Å². The molecule has 0 amide bonds. The quantitative estimate of drug-likeness (QED) is 0.892. The normalized spacial score (nSPS) is 12.7. The van der Waals surface area contributed by atoms with Gasteiger partial charge in [0.1, 0.15) is 5.82 Å². The van der Waals surface area contributed by atoms with Gasteiger partial charge in [-0.05, 0) is 49.9 Å². The van der Waals surface area contributed by atoms with Crippen LogP contribution in [-0.2, 0) is 0 Å². The predicted octanol–water partition coefficient (Wildman–Crippen LogP) is 4.27. The van der Waals surface area contributed by atoms with Crippen LogP contribution in [-0.4, -0.2) is 7.05 Å². The molecule has 1 aromatic carbocycles. The van der Waals surface area contributed by atoms with Gasteiger partial charge >= 0.3 is 0 Å². The second-order valence-electron chi connectivity index (χ2n) is 3.87. The minimum Gasteiger partial charge on any atom is -0.309 e. The Kier molecular flexibility index (Phi) is 3.97. The van der Waals surface area contributed by atoms with Crippen molar-refractivity contribution in [3.05, 3.63) is 55.9 Å². The molecule has 1 atom stereocenters. The van der Waals surface area contributed by atoms with Crippen molar-refractivity contribution >= 4 is 27.3 Å². The van der Waals surface area contributed by atoms with Crippen LogP contribution in [0.4, 0.5) is 4.39 Å². The lowest BCUT2D eigenvalue weighted by atomic mass is 10.1. The van der Waals surface area contributed by atoms with Crippen LogP contribution in [0.25, 0.3) is 0 Å². The van der Waals surface area contributed by atoms with Crippen molar-refractivity contribution in [2.45, 2.75) is 13.0 Å². The molecule has 2 rings (SSSR count). The molecule has 0 radical (unpaired) electrons. The van der Waals surface area contributed by atoms with E-state index in [1.54, 1.807) is 17.4 Å². The van der Waals surface area contributed by atoms with E-state index in [-0.39, 0.29) is 11.9 Å². The van der Waals surface area contributed by atoms with E-state index in [9.17, 15) is 4.39 Å². The van der Waals surface area contributed by atoms with E-state index in [4.69, 9.17) is 0 Å². The molecule has 17 heavy (non-hydrogen) atoms. The molecular weight excluding hydrogens is 301 g/mol. The number of hydrogen-bond acceptors (Lipinski definition) is 2. The van der Waals surface area contributed by atoms with Gasteiger partial charge in [-0.1, -0.05) is 15.9 Å². The molecule has 0 saturated carbocycles. The lowest BCUT2D eigenvalue weighted by molar-refractivity contribution is 0.617. The molecule has 2 aromatic rings. The van der Waals surface area contributed by atoms with Crippen molar-refractivity contribution in [3.8, 4) is 0 Å². The van der Waals surface area contributed by atoms with Crippen LogP contribution in [0.1, 0.15) is 21.4 Å². The number of aryl methyl sites for hydroxylation is 1. The molecule has 0 spiro atoms. The van der Waals surface area contributed by atoms with Crippen molar-refractivity contribution in [2.24, 2.45) is 0 Å². The number of nitrogens with one attached hydrogen (secondary N) is 1. The molecule has 0 aliphatic carbocycles. The average Bonchev–Trinajstić information content (AvgIpc) is 2.64. The Labute approximate surface area is 113 Å². The summed E-state index contributed by atoms with van der Waals surface area (Å²) in [5.41, 5.74) is 0.932. The van der Waals surface area contributed by atoms with Gasteiger partial charge < -0.3 is 5.32 Å². The Bertz CT molecular complexity index is 504. The van der Waals surface area contributed by atoms with E-state index >= 15 is 0 Å². The van der Waals surface area contributed by atoms with E-state index in [2.05, 4.69) is 40.3 Å². The van der Waals surface area contributed by atoms with Gasteiger partial charge in [-0.25, -0.2) is 4.39 Å². The maximum absolute atomic E-state index is 13.4. The smallest absolute Gasteiger partial charge is 0.124 e. The van der Waals surface area contributed by atoms with Gasteiger partial charge in [0.25, 0.3) is 0 Å². The zero-order valence-corrected chi connectivity index (χ0v) is 12.0. The first-order valence-corrected chi connectivity index (χ1v) is 6.90. The molecule has 90 valence electrons. The van der Waals surface area contributed by atoms with Crippen LogP contribution in [0.2, 0.25) is 0 Å². The van der Waals surface area contributed by atoms with Crippen LogP contribution < -0.4 is 5.32 Å². The third-order valence-corrected chi connectivity index (χ3v) is 4.08. The first-order chi connectivity index (χ1) is 8.10. The van der Waals surface area contributed by atoms with Crippen molar-refractivity contribution in [3.63, 3.8) is 0 Å². The van der Waals surface area contributed by atoms with Crippen LogP contribution in [0.5, 0.6) is 0 Å². The van der Waals surface area contributed by atoms with Crippen molar-refractivity contribution in [1.29, 1.82) is 0 Å². The highest BCUT2D eigenvalue weighted by Gasteiger charge is 2.15. The molecular formula is C13H13BrFNS. The van der Waals surface area contributed by atoms with Crippen molar-refractivity contribution < 1.29 is 4.39 Å². The van der Waals surface area contributed by atoms with Gasteiger partial charge in [0, 0.05) is 14.2 Å². The number of benzene rings is 1. The van der Waals surface area contributed by atoms with Gasteiger partial charge in [-0.15, -0.1) is 11.3 Å². The van der Waals surface area contributed by atoms with Crippen molar-refractivity contribution in [2.75, 3.05) is 7.05 Å². The summed E-state index contributed by atoms with van der Waals surface area (Å²) in [6.07, 6.45) is 0. The topological polar surface area (TPSA) is 12.0 Å². The van der Waals surface area contributed by atoms with Crippen LogP contribution in [0.15, 0.2) is 34.8 Å². The van der Waals surface area contributed by atoms with E-state index in [0.717, 1.165) is 10.0 Å². The summed E-state index contributed by atoms with van der Waals surface area (Å²) in [6, 6.07) is 9.19. The summed E-state index contributed by atoms with van der Waals surface area (Å²) < 4.78 is 14.2. The van der Waals surface area contributed by atoms with E-state index in [0.29, 0.717) is 0 Å². The van der Waals surface area contributed by atoms with Gasteiger partial charge in [0.05, 0.1) is 6.04 Å². The molecule has 1 nitrogen and oxygen atoms in total. The minimum atomic E-state index is -0.220.